The zero-order chi connectivity index (χ0) is 20.7. The van der Waals surface area contributed by atoms with Gasteiger partial charge in [-0.2, -0.15) is 5.26 Å². The summed E-state index contributed by atoms with van der Waals surface area (Å²) < 4.78 is 14.3. The van der Waals surface area contributed by atoms with Crippen molar-refractivity contribution in [3.8, 4) is 6.07 Å². The summed E-state index contributed by atoms with van der Waals surface area (Å²) in [5, 5.41) is 8.90. The number of fused-ring (bicyclic) bond motifs is 1. The molecule has 1 N–H and O–H groups in total. The highest BCUT2D eigenvalue weighted by Crippen LogP contribution is 2.38. The Balaban J connectivity index is 1.26. The number of aromatic amines is 1. The fourth-order valence-corrected chi connectivity index (χ4v) is 4.16. The zero-order valence-corrected chi connectivity index (χ0v) is 16.6. The maximum atomic E-state index is 14.3. The van der Waals surface area contributed by atoms with E-state index in [0.29, 0.717) is 30.3 Å². The van der Waals surface area contributed by atoms with E-state index in [0.717, 1.165) is 54.6 Å². The lowest BCUT2D eigenvalue weighted by molar-refractivity contribution is 0.249. The van der Waals surface area contributed by atoms with E-state index in [1.807, 2.05) is 29.3 Å². The Labute approximate surface area is 173 Å². The molecular weight excluding hydrogens is 381 g/mol. The van der Waals surface area contributed by atoms with E-state index in [1.165, 1.54) is 6.07 Å². The quantitative estimate of drug-likeness (QED) is 0.724. The number of nitrogens with one attached hydrogen (secondary N) is 1. The third kappa shape index (κ3) is 3.66. The number of aromatic nitrogens is 2. The molecule has 0 bridgehead atoms. The number of hydrogen-bond donors (Lipinski definition) is 1. The van der Waals surface area contributed by atoms with Gasteiger partial charge < -0.3 is 9.88 Å². The second-order valence-corrected chi connectivity index (χ2v) is 8.15. The Morgan fingerprint density at radius 3 is 2.67 bits per heavy atom. The molecule has 0 unspecified atom stereocenters. The largest absolute Gasteiger partial charge is 0.367 e. The van der Waals surface area contributed by atoms with Crippen LogP contribution in [0, 0.1) is 17.1 Å². The van der Waals surface area contributed by atoms with Crippen LogP contribution >= 0.6 is 0 Å². The van der Waals surface area contributed by atoms with Crippen molar-refractivity contribution in [2.24, 2.45) is 0 Å². The van der Waals surface area contributed by atoms with Gasteiger partial charge in [0.1, 0.15) is 5.82 Å². The van der Waals surface area contributed by atoms with Crippen molar-refractivity contribution in [2.45, 2.75) is 25.3 Å². The first-order chi connectivity index (χ1) is 14.6. The van der Waals surface area contributed by atoms with Gasteiger partial charge in [0, 0.05) is 44.5 Å². The maximum absolute atomic E-state index is 14.3. The number of pyridine rings is 2. The topological polar surface area (TPSA) is 76.0 Å². The first kappa shape index (κ1) is 18.8. The highest BCUT2D eigenvalue weighted by Gasteiger charge is 2.26. The van der Waals surface area contributed by atoms with E-state index in [1.54, 1.807) is 12.1 Å². The molecule has 2 aromatic heterocycles. The molecule has 0 atom stereocenters. The third-order valence-corrected chi connectivity index (χ3v) is 5.99. The Morgan fingerprint density at radius 1 is 1.17 bits per heavy atom. The molecule has 1 aliphatic heterocycles. The minimum atomic E-state index is -0.351. The summed E-state index contributed by atoms with van der Waals surface area (Å²) in [5.74, 6) is 0.0487. The number of anilines is 1. The number of halogens is 1. The normalized spacial score (nSPS) is 17.3. The van der Waals surface area contributed by atoms with Crippen molar-refractivity contribution >= 4 is 16.7 Å². The first-order valence-corrected chi connectivity index (χ1v) is 10.3. The average Bonchev–Trinajstić information content (AvgIpc) is 3.59. The number of rotatable bonds is 4. The van der Waals surface area contributed by atoms with E-state index in [9.17, 15) is 9.18 Å². The summed E-state index contributed by atoms with van der Waals surface area (Å²) in [6, 6.07) is 10.5. The van der Waals surface area contributed by atoms with Crippen molar-refractivity contribution in [3.05, 3.63) is 69.4 Å². The molecule has 1 saturated heterocycles. The Hall–Kier alpha value is -3.24. The first-order valence-electron chi connectivity index (χ1n) is 10.3. The molecule has 3 aromatic rings. The van der Waals surface area contributed by atoms with Gasteiger partial charge in [0.2, 0.25) is 0 Å². The molecule has 1 saturated carbocycles. The zero-order valence-electron chi connectivity index (χ0n) is 16.6. The van der Waals surface area contributed by atoms with Crippen molar-refractivity contribution < 1.29 is 4.39 Å². The smallest absolute Gasteiger partial charge is 0.252 e. The van der Waals surface area contributed by atoms with Gasteiger partial charge in [-0.3, -0.25) is 14.7 Å². The molecule has 1 aromatic carbocycles. The van der Waals surface area contributed by atoms with E-state index in [-0.39, 0.29) is 11.4 Å². The van der Waals surface area contributed by atoms with E-state index in [4.69, 9.17) is 5.26 Å². The van der Waals surface area contributed by atoms with Crippen LogP contribution in [0.1, 0.15) is 35.4 Å². The van der Waals surface area contributed by atoms with Gasteiger partial charge in [0.25, 0.3) is 5.56 Å². The van der Waals surface area contributed by atoms with Gasteiger partial charge in [-0.1, -0.05) is 0 Å². The van der Waals surface area contributed by atoms with Crippen LogP contribution in [-0.2, 0) is 6.54 Å². The second-order valence-electron chi connectivity index (χ2n) is 8.15. The Bertz CT molecular complexity index is 1200. The lowest BCUT2D eigenvalue weighted by Gasteiger charge is -2.36. The molecule has 6 nitrogen and oxygen atoms in total. The van der Waals surface area contributed by atoms with Crippen LogP contribution in [0.2, 0.25) is 0 Å². The van der Waals surface area contributed by atoms with Gasteiger partial charge in [0.15, 0.2) is 0 Å². The van der Waals surface area contributed by atoms with Crippen molar-refractivity contribution in [2.75, 3.05) is 31.1 Å². The van der Waals surface area contributed by atoms with Gasteiger partial charge >= 0.3 is 0 Å². The molecule has 1 aliphatic carbocycles. The SMILES string of the molecule is N#Cc1ccc(N2CCN(Cc3cnc4cc(C5CC5)c(=O)[nH]c4c3)CC2)c(F)c1. The number of piperazine rings is 1. The third-order valence-electron chi connectivity index (χ3n) is 5.99. The highest BCUT2D eigenvalue weighted by molar-refractivity contribution is 5.75. The second kappa shape index (κ2) is 7.54. The fourth-order valence-electron chi connectivity index (χ4n) is 4.16. The van der Waals surface area contributed by atoms with E-state index in [2.05, 4.69) is 14.9 Å². The summed E-state index contributed by atoms with van der Waals surface area (Å²) in [6.07, 6.45) is 4.06. The molecule has 5 rings (SSSR count). The Morgan fingerprint density at radius 2 is 1.97 bits per heavy atom. The van der Waals surface area contributed by atoms with Crippen molar-refractivity contribution in [3.63, 3.8) is 0 Å². The minimum Gasteiger partial charge on any atom is -0.367 e. The minimum absolute atomic E-state index is 0.00186. The highest BCUT2D eigenvalue weighted by atomic mass is 19.1. The van der Waals surface area contributed by atoms with Gasteiger partial charge in [-0.05, 0) is 54.7 Å². The van der Waals surface area contributed by atoms with Gasteiger partial charge in [-0.15, -0.1) is 0 Å². The molecule has 0 spiro atoms. The van der Waals surface area contributed by atoms with Crippen LogP contribution in [0.4, 0.5) is 10.1 Å². The standard InChI is InChI=1S/C23H22FN5O/c24-19-9-15(12-25)1-4-22(19)29-7-5-28(6-8-29)14-16-10-21-20(26-13-16)11-18(17-2-3-17)23(30)27-21/h1,4,9-11,13,17H,2-3,5-8,14H2,(H,27,30). The number of H-pyrrole nitrogens is 1. The molecule has 30 heavy (non-hydrogen) atoms. The molecule has 3 heterocycles. The van der Waals surface area contributed by atoms with Crippen LogP contribution in [0.3, 0.4) is 0 Å². The number of nitriles is 1. The van der Waals surface area contributed by atoms with Crippen LogP contribution in [0.25, 0.3) is 11.0 Å². The number of benzene rings is 1. The molecule has 7 heteroatoms. The van der Waals surface area contributed by atoms with Crippen molar-refractivity contribution in [1.82, 2.24) is 14.9 Å². The predicted octanol–water partition coefficient (Wildman–Crippen LogP) is 3.13. The molecule has 0 amide bonds. The summed E-state index contributed by atoms with van der Waals surface area (Å²) >= 11 is 0. The summed E-state index contributed by atoms with van der Waals surface area (Å²) in [5.41, 5.74) is 4.40. The Kier molecular flexibility index (Phi) is 4.72. The molecule has 0 radical (unpaired) electrons. The van der Waals surface area contributed by atoms with Crippen LogP contribution < -0.4 is 10.5 Å². The molecule has 2 aliphatic rings. The monoisotopic (exact) mass is 403 g/mol. The molecular formula is C23H22FN5O. The van der Waals surface area contributed by atoms with Gasteiger partial charge in [0.05, 0.1) is 28.4 Å². The summed E-state index contributed by atoms with van der Waals surface area (Å²) in [4.78, 5) is 24.2. The fraction of sp³-hybridized carbons (Fsp3) is 0.348. The van der Waals surface area contributed by atoms with Crippen LogP contribution in [0.15, 0.2) is 41.3 Å². The lowest BCUT2D eigenvalue weighted by Crippen LogP contribution is -2.46. The van der Waals surface area contributed by atoms with E-state index < -0.39 is 0 Å². The van der Waals surface area contributed by atoms with Gasteiger partial charge in [-0.25, -0.2) is 4.39 Å². The molecule has 2 fully saturated rings. The number of hydrogen-bond acceptors (Lipinski definition) is 5. The summed E-state index contributed by atoms with van der Waals surface area (Å²) in [6.45, 7) is 3.76. The lowest BCUT2D eigenvalue weighted by atomic mass is 10.1. The predicted molar refractivity (Wildman–Crippen MR) is 113 cm³/mol. The van der Waals surface area contributed by atoms with Crippen molar-refractivity contribution in [1.29, 1.82) is 5.26 Å². The van der Waals surface area contributed by atoms with Crippen LogP contribution in [0.5, 0.6) is 0 Å². The maximum Gasteiger partial charge on any atom is 0.252 e. The average molecular weight is 403 g/mol. The molecule has 152 valence electrons. The van der Waals surface area contributed by atoms with E-state index >= 15 is 0 Å². The van der Waals surface area contributed by atoms with Crippen LogP contribution in [-0.4, -0.2) is 41.0 Å². The summed E-state index contributed by atoms with van der Waals surface area (Å²) in [7, 11) is 0. The number of nitrogens with zero attached hydrogens (tertiary/aromatic N) is 4.